The number of hydrogen-bond donors (Lipinski definition) is 1. The van der Waals surface area contributed by atoms with Gasteiger partial charge in [0.05, 0.1) is 21.3 Å². The van der Waals surface area contributed by atoms with Crippen LogP contribution in [0.3, 0.4) is 0 Å². The minimum Gasteiger partial charge on any atom is -0.455 e. The second-order valence-electron chi connectivity index (χ2n) is 3.93. The van der Waals surface area contributed by atoms with Crippen LogP contribution in [0, 0.1) is 0 Å². The highest BCUT2D eigenvalue weighted by atomic mass is 35.5. The average molecular weight is 322 g/mol. The third kappa shape index (κ3) is 3.29. The van der Waals surface area contributed by atoms with Gasteiger partial charge in [0.25, 0.3) is 0 Å². The summed E-state index contributed by atoms with van der Waals surface area (Å²) in [7, 11) is 0. The van der Waals surface area contributed by atoms with E-state index in [1.807, 2.05) is 0 Å². The van der Waals surface area contributed by atoms with Gasteiger partial charge in [-0.2, -0.15) is 13.2 Å². The molecule has 7 heteroatoms. The zero-order valence-corrected chi connectivity index (χ0v) is 11.4. The first-order valence-corrected chi connectivity index (χ1v) is 6.12. The van der Waals surface area contributed by atoms with Crippen LogP contribution >= 0.6 is 23.2 Å². The minimum atomic E-state index is -4.39. The van der Waals surface area contributed by atoms with Gasteiger partial charge in [0.2, 0.25) is 0 Å². The Labute approximate surface area is 122 Å². The van der Waals surface area contributed by atoms with Crippen molar-refractivity contribution in [3.05, 3.63) is 52.0 Å². The molecule has 20 heavy (non-hydrogen) atoms. The first kappa shape index (κ1) is 14.8. The van der Waals surface area contributed by atoms with Gasteiger partial charge in [0, 0.05) is 6.07 Å². The van der Waals surface area contributed by atoms with Crippen molar-refractivity contribution < 1.29 is 17.9 Å². The highest BCUT2D eigenvalue weighted by Gasteiger charge is 2.30. The maximum atomic E-state index is 12.4. The summed E-state index contributed by atoms with van der Waals surface area (Å²) in [5.74, 6) is 0.433. The van der Waals surface area contributed by atoms with Crippen LogP contribution in [0.2, 0.25) is 10.0 Å². The fraction of sp³-hybridized carbons (Fsp3) is 0.0769. The third-order valence-electron chi connectivity index (χ3n) is 2.46. The van der Waals surface area contributed by atoms with Crippen molar-refractivity contribution in [1.29, 1.82) is 0 Å². The monoisotopic (exact) mass is 321 g/mol. The van der Waals surface area contributed by atoms with Crippen LogP contribution in [0.4, 0.5) is 18.9 Å². The van der Waals surface area contributed by atoms with E-state index >= 15 is 0 Å². The largest absolute Gasteiger partial charge is 0.455 e. The Morgan fingerprint density at radius 2 is 1.50 bits per heavy atom. The van der Waals surface area contributed by atoms with Crippen LogP contribution in [0.15, 0.2) is 36.4 Å². The summed E-state index contributed by atoms with van der Waals surface area (Å²) in [5, 5.41) is 0.506. The fourth-order valence-corrected chi connectivity index (χ4v) is 1.80. The number of benzene rings is 2. The summed E-state index contributed by atoms with van der Waals surface area (Å²) in [4.78, 5) is 0. The molecule has 0 spiro atoms. The SMILES string of the molecule is Nc1cc(Cl)c(Cl)cc1Oc1ccc(C(F)(F)F)cc1. The van der Waals surface area contributed by atoms with Gasteiger partial charge < -0.3 is 10.5 Å². The van der Waals surface area contributed by atoms with E-state index in [4.69, 9.17) is 33.7 Å². The number of nitrogen functional groups attached to an aromatic ring is 1. The summed E-state index contributed by atoms with van der Waals surface area (Å²) in [6.07, 6.45) is -4.39. The molecule has 0 bridgehead atoms. The third-order valence-corrected chi connectivity index (χ3v) is 3.18. The van der Waals surface area contributed by atoms with Gasteiger partial charge in [0.1, 0.15) is 5.75 Å². The molecule has 2 nitrogen and oxygen atoms in total. The quantitative estimate of drug-likeness (QED) is 0.753. The lowest BCUT2D eigenvalue weighted by Crippen LogP contribution is -2.04. The number of halogens is 5. The Balaban J connectivity index is 2.25. The molecule has 2 N–H and O–H groups in total. The van der Waals surface area contributed by atoms with Crippen LogP contribution in [-0.4, -0.2) is 0 Å². The molecule has 0 aliphatic carbocycles. The van der Waals surface area contributed by atoms with Gasteiger partial charge in [-0.15, -0.1) is 0 Å². The number of ether oxygens (including phenoxy) is 1. The summed E-state index contributed by atoms with van der Waals surface area (Å²) in [6, 6.07) is 7.04. The normalized spacial score (nSPS) is 11.4. The predicted octanol–water partition coefficient (Wildman–Crippen LogP) is 5.39. The van der Waals surface area contributed by atoms with Crippen molar-refractivity contribution in [1.82, 2.24) is 0 Å². The van der Waals surface area contributed by atoms with Crippen molar-refractivity contribution in [2.24, 2.45) is 0 Å². The number of rotatable bonds is 2. The molecule has 0 unspecified atom stereocenters. The predicted molar refractivity (Wildman–Crippen MR) is 72.4 cm³/mol. The van der Waals surface area contributed by atoms with E-state index in [0.717, 1.165) is 12.1 Å². The maximum absolute atomic E-state index is 12.4. The summed E-state index contributed by atoms with van der Waals surface area (Å²) < 4.78 is 42.6. The minimum absolute atomic E-state index is 0.211. The molecule has 0 saturated carbocycles. The van der Waals surface area contributed by atoms with Crippen molar-refractivity contribution in [3.8, 4) is 11.5 Å². The summed E-state index contributed by atoms with van der Waals surface area (Å²) in [6.45, 7) is 0. The number of alkyl halides is 3. The molecule has 2 aromatic carbocycles. The Morgan fingerprint density at radius 3 is 2.05 bits per heavy atom. The second-order valence-corrected chi connectivity index (χ2v) is 4.74. The van der Waals surface area contributed by atoms with Crippen molar-refractivity contribution in [2.75, 3.05) is 5.73 Å². The standard InChI is InChI=1S/C13H8Cl2F3NO/c14-9-5-11(19)12(6-10(9)15)20-8-3-1-7(2-4-8)13(16,17)18/h1-6H,19H2. The van der Waals surface area contributed by atoms with Crippen LogP contribution in [0.5, 0.6) is 11.5 Å². The zero-order valence-electron chi connectivity index (χ0n) is 9.84. The van der Waals surface area contributed by atoms with E-state index in [1.165, 1.54) is 24.3 Å². The highest BCUT2D eigenvalue weighted by Crippen LogP contribution is 2.36. The molecule has 0 aliphatic heterocycles. The molecule has 0 amide bonds. The maximum Gasteiger partial charge on any atom is 0.416 e. The lowest BCUT2D eigenvalue weighted by molar-refractivity contribution is -0.137. The fourth-order valence-electron chi connectivity index (χ4n) is 1.47. The van der Waals surface area contributed by atoms with E-state index in [2.05, 4.69) is 0 Å². The topological polar surface area (TPSA) is 35.2 Å². The summed E-state index contributed by atoms with van der Waals surface area (Å²) >= 11 is 11.6. The van der Waals surface area contributed by atoms with E-state index in [1.54, 1.807) is 0 Å². The number of hydrogen-bond acceptors (Lipinski definition) is 2. The van der Waals surface area contributed by atoms with E-state index in [-0.39, 0.29) is 27.2 Å². The van der Waals surface area contributed by atoms with Gasteiger partial charge >= 0.3 is 6.18 Å². The first-order valence-electron chi connectivity index (χ1n) is 5.37. The molecule has 2 rings (SSSR count). The van der Waals surface area contributed by atoms with Gasteiger partial charge in [-0.05, 0) is 30.3 Å². The molecule has 0 atom stereocenters. The van der Waals surface area contributed by atoms with Gasteiger partial charge in [-0.1, -0.05) is 23.2 Å². The molecule has 106 valence electrons. The van der Waals surface area contributed by atoms with Crippen LogP contribution in [-0.2, 0) is 6.18 Å². The Bertz CT molecular complexity index is 627. The van der Waals surface area contributed by atoms with E-state index < -0.39 is 11.7 Å². The van der Waals surface area contributed by atoms with Crippen molar-refractivity contribution >= 4 is 28.9 Å². The van der Waals surface area contributed by atoms with Crippen molar-refractivity contribution in [2.45, 2.75) is 6.18 Å². The summed E-state index contributed by atoms with van der Waals surface area (Å²) in [5.41, 5.74) is 5.17. The van der Waals surface area contributed by atoms with Gasteiger partial charge in [-0.25, -0.2) is 0 Å². The van der Waals surface area contributed by atoms with Crippen molar-refractivity contribution in [3.63, 3.8) is 0 Å². The first-order chi connectivity index (χ1) is 9.27. The smallest absolute Gasteiger partial charge is 0.416 e. The Morgan fingerprint density at radius 1 is 0.950 bits per heavy atom. The Hall–Kier alpha value is -1.59. The van der Waals surface area contributed by atoms with Gasteiger partial charge in [-0.3, -0.25) is 0 Å². The van der Waals surface area contributed by atoms with E-state index in [0.29, 0.717) is 0 Å². The van der Waals surface area contributed by atoms with Gasteiger partial charge in [0.15, 0.2) is 5.75 Å². The lowest BCUT2D eigenvalue weighted by atomic mass is 10.2. The molecule has 0 saturated heterocycles. The molecule has 0 aliphatic rings. The molecule has 0 radical (unpaired) electrons. The van der Waals surface area contributed by atoms with Crippen LogP contribution in [0.25, 0.3) is 0 Å². The molecule has 2 aromatic rings. The van der Waals surface area contributed by atoms with Crippen LogP contribution < -0.4 is 10.5 Å². The lowest BCUT2D eigenvalue weighted by Gasteiger charge is -2.11. The molecular formula is C13H8Cl2F3NO. The number of nitrogens with two attached hydrogens (primary N) is 1. The van der Waals surface area contributed by atoms with E-state index in [9.17, 15) is 13.2 Å². The molecular weight excluding hydrogens is 314 g/mol. The van der Waals surface area contributed by atoms with Crippen LogP contribution in [0.1, 0.15) is 5.56 Å². The zero-order chi connectivity index (χ0) is 14.9. The average Bonchev–Trinajstić information content (AvgIpc) is 2.35. The molecule has 0 fully saturated rings. The Kier molecular flexibility index (Phi) is 4.01. The second kappa shape index (κ2) is 5.42. The number of anilines is 1. The highest BCUT2D eigenvalue weighted by molar-refractivity contribution is 6.42. The molecule has 0 aromatic heterocycles. The molecule has 0 heterocycles.